The van der Waals surface area contributed by atoms with E-state index in [2.05, 4.69) is 14.9 Å². The summed E-state index contributed by atoms with van der Waals surface area (Å²) in [6, 6.07) is 0.298. The minimum Gasteiger partial charge on any atom is -0.395 e. The maximum atomic E-state index is 9.38. The van der Waals surface area contributed by atoms with E-state index in [-0.39, 0.29) is 6.61 Å². The van der Waals surface area contributed by atoms with Crippen molar-refractivity contribution >= 4 is 5.95 Å². The van der Waals surface area contributed by atoms with Gasteiger partial charge in [0.1, 0.15) is 0 Å². The Morgan fingerprint density at radius 2 is 2.06 bits per heavy atom. The molecule has 1 atom stereocenters. The van der Waals surface area contributed by atoms with Crippen LogP contribution in [-0.2, 0) is 6.54 Å². The minimum atomic E-state index is 0.247. The van der Waals surface area contributed by atoms with E-state index in [1.807, 2.05) is 31.4 Å². The predicted molar refractivity (Wildman–Crippen MR) is 71.5 cm³/mol. The number of hydrogen-bond donors (Lipinski definition) is 1. The molecule has 5 heteroatoms. The van der Waals surface area contributed by atoms with E-state index in [0.717, 1.165) is 31.0 Å². The van der Waals surface area contributed by atoms with Crippen molar-refractivity contribution in [3.8, 4) is 0 Å². The summed E-state index contributed by atoms with van der Waals surface area (Å²) in [5.74, 6) is 0.733. The van der Waals surface area contributed by atoms with Crippen LogP contribution in [0, 0.1) is 0 Å². The Kier molecular flexibility index (Phi) is 4.49. The molecule has 0 bridgehead atoms. The zero-order chi connectivity index (χ0) is 13.0. The van der Waals surface area contributed by atoms with E-state index in [4.69, 9.17) is 0 Å². The molecule has 1 fully saturated rings. The highest BCUT2D eigenvalue weighted by Crippen LogP contribution is 2.19. The highest BCUT2D eigenvalue weighted by Gasteiger charge is 2.21. The van der Waals surface area contributed by atoms with Gasteiger partial charge in [0, 0.05) is 44.6 Å². The Bertz CT molecular complexity index is 366. The van der Waals surface area contributed by atoms with E-state index in [9.17, 15) is 5.11 Å². The fraction of sp³-hybridized carbons (Fsp3) is 0.692. The van der Waals surface area contributed by atoms with Crippen LogP contribution in [0.15, 0.2) is 12.4 Å². The highest BCUT2D eigenvalue weighted by atomic mass is 16.3. The molecule has 1 aliphatic rings. The number of likely N-dealkylation sites (tertiary alicyclic amines) is 1. The van der Waals surface area contributed by atoms with Crippen LogP contribution in [0.3, 0.4) is 0 Å². The summed E-state index contributed by atoms with van der Waals surface area (Å²) in [6.07, 6.45) is 7.29. The van der Waals surface area contributed by atoms with Gasteiger partial charge in [0.15, 0.2) is 0 Å². The minimum absolute atomic E-state index is 0.247. The summed E-state index contributed by atoms with van der Waals surface area (Å²) >= 11 is 0. The Hall–Kier alpha value is -1.20. The lowest BCUT2D eigenvalue weighted by atomic mass is 10.0. The van der Waals surface area contributed by atoms with Gasteiger partial charge in [-0.3, -0.25) is 4.90 Å². The maximum absolute atomic E-state index is 9.38. The Balaban J connectivity index is 1.99. The predicted octanol–water partition coefficient (Wildman–Crippen LogP) is 0.889. The van der Waals surface area contributed by atoms with E-state index in [1.165, 1.54) is 12.8 Å². The SMILES string of the molecule is CN(C)c1ncc(CN2CCCC[C@H]2CO)cn1. The van der Waals surface area contributed by atoms with Crippen LogP contribution < -0.4 is 4.90 Å². The van der Waals surface area contributed by atoms with Crippen molar-refractivity contribution in [2.24, 2.45) is 0 Å². The normalized spacial score (nSPS) is 20.9. The summed E-state index contributed by atoms with van der Waals surface area (Å²) in [5.41, 5.74) is 1.11. The van der Waals surface area contributed by atoms with Gasteiger partial charge in [-0.25, -0.2) is 9.97 Å². The molecule has 18 heavy (non-hydrogen) atoms. The van der Waals surface area contributed by atoms with E-state index in [1.54, 1.807) is 0 Å². The van der Waals surface area contributed by atoms with Gasteiger partial charge >= 0.3 is 0 Å². The monoisotopic (exact) mass is 250 g/mol. The van der Waals surface area contributed by atoms with Gasteiger partial charge in [-0.2, -0.15) is 0 Å². The topological polar surface area (TPSA) is 52.5 Å². The number of hydrogen-bond acceptors (Lipinski definition) is 5. The van der Waals surface area contributed by atoms with Crippen molar-refractivity contribution in [3.05, 3.63) is 18.0 Å². The lowest BCUT2D eigenvalue weighted by Crippen LogP contribution is -2.41. The maximum Gasteiger partial charge on any atom is 0.224 e. The van der Waals surface area contributed by atoms with Crippen LogP contribution in [-0.4, -0.2) is 53.3 Å². The second kappa shape index (κ2) is 6.11. The van der Waals surface area contributed by atoms with Gasteiger partial charge in [0.05, 0.1) is 6.61 Å². The molecular weight excluding hydrogens is 228 g/mol. The number of anilines is 1. The summed E-state index contributed by atoms with van der Waals surface area (Å²) < 4.78 is 0. The third-order valence-corrected chi connectivity index (χ3v) is 3.44. The van der Waals surface area contributed by atoms with Gasteiger partial charge < -0.3 is 10.0 Å². The number of rotatable bonds is 4. The summed E-state index contributed by atoms with van der Waals surface area (Å²) in [7, 11) is 3.86. The second-order valence-corrected chi connectivity index (χ2v) is 5.09. The molecule has 0 spiro atoms. The first-order chi connectivity index (χ1) is 8.70. The molecule has 0 aromatic carbocycles. The molecule has 2 heterocycles. The summed E-state index contributed by atoms with van der Waals surface area (Å²) in [4.78, 5) is 12.9. The summed E-state index contributed by atoms with van der Waals surface area (Å²) in [5, 5.41) is 9.38. The molecule has 0 aliphatic carbocycles. The van der Waals surface area contributed by atoms with E-state index in [0.29, 0.717) is 6.04 Å². The van der Waals surface area contributed by atoms with Crippen LogP contribution in [0.25, 0.3) is 0 Å². The fourth-order valence-corrected chi connectivity index (χ4v) is 2.37. The lowest BCUT2D eigenvalue weighted by Gasteiger charge is -2.34. The highest BCUT2D eigenvalue weighted by molar-refractivity contribution is 5.26. The second-order valence-electron chi connectivity index (χ2n) is 5.09. The van der Waals surface area contributed by atoms with E-state index < -0.39 is 0 Å². The van der Waals surface area contributed by atoms with Crippen LogP contribution >= 0.6 is 0 Å². The van der Waals surface area contributed by atoms with Crippen LogP contribution in [0.2, 0.25) is 0 Å². The van der Waals surface area contributed by atoms with Crippen molar-refractivity contribution < 1.29 is 5.11 Å². The first-order valence-corrected chi connectivity index (χ1v) is 6.54. The molecule has 0 saturated carbocycles. The molecule has 1 N–H and O–H groups in total. The van der Waals surface area contributed by atoms with Gasteiger partial charge in [-0.1, -0.05) is 6.42 Å². The number of aliphatic hydroxyl groups is 1. The standard InChI is InChI=1S/C13H22N4O/c1-16(2)13-14-7-11(8-15-13)9-17-6-4-3-5-12(17)10-18/h7-8,12,18H,3-6,9-10H2,1-2H3/t12-/m0/s1. The van der Waals surface area contributed by atoms with E-state index >= 15 is 0 Å². The number of aromatic nitrogens is 2. The number of nitrogens with zero attached hydrogens (tertiary/aromatic N) is 4. The molecule has 0 amide bonds. The molecule has 0 radical (unpaired) electrons. The van der Waals surface area contributed by atoms with Crippen LogP contribution in [0.1, 0.15) is 24.8 Å². The van der Waals surface area contributed by atoms with Gasteiger partial charge in [-0.15, -0.1) is 0 Å². The number of aliphatic hydroxyl groups excluding tert-OH is 1. The Morgan fingerprint density at radius 1 is 1.33 bits per heavy atom. The summed E-state index contributed by atoms with van der Waals surface area (Å²) in [6.45, 7) is 2.14. The lowest BCUT2D eigenvalue weighted by molar-refractivity contribution is 0.0839. The number of piperidine rings is 1. The van der Waals surface area contributed by atoms with Crippen molar-refractivity contribution in [1.29, 1.82) is 0 Å². The fourth-order valence-electron chi connectivity index (χ4n) is 2.37. The molecule has 1 aromatic rings. The quantitative estimate of drug-likeness (QED) is 0.860. The molecule has 1 aliphatic heterocycles. The van der Waals surface area contributed by atoms with Gasteiger partial charge in [0.25, 0.3) is 0 Å². The van der Waals surface area contributed by atoms with Crippen molar-refractivity contribution in [2.45, 2.75) is 31.8 Å². The first-order valence-electron chi connectivity index (χ1n) is 6.54. The molecule has 5 nitrogen and oxygen atoms in total. The molecule has 2 rings (SSSR count). The molecular formula is C13H22N4O. The van der Waals surface area contributed by atoms with Crippen LogP contribution in [0.4, 0.5) is 5.95 Å². The molecule has 0 unspecified atom stereocenters. The average molecular weight is 250 g/mol. The third-order valence-electron chi connectivity index (χ3n) is 3.44. The third kappa shape index (κ3) is 3.17. The zero-order valence-corrected chi connectivity index (χ0v) is 11.2. The molecule has 1 aromatic heterocycles. The van der Waals surface area contributed by atoms with Crippen molar-refractivity contribution in [1.82, 2.24) is 14.9 Å². The Labute approximate surface area is 108 Å². The van der Waals surface area contributed by atoms with Crippen molar-refractivity contribution in [3.63, 3.8) is 0 Å². The van der Waals surface area contributed by atoms with Crippen LogP contribution in [0.5, 0.6) is 0 Å². The molecule has 1 saturated heterocycles. The molecule has 100 valence electrons. The average Bonchev–Trinajstić information content (AvgIpc) is 2.40. The Morgan fingerprint density at radius 3 is 2.67 bits per heavy atom. The largest absolute Gasteiger partial charge is 0.395 e. The smallest absolute Gasteiger partial charge is 0.224 e. The first kappa shape index (κ1) is 13.2. The van der Waals surface area contributed by atoms with Gasteiger partial charge in [-0.05, 0) is 19.4 Å². The van der Waals surface area contributed by atoms with Gasteiger partial charge in [0.2, 0.25) is 5.95 Å². The zero-order valence-electron chi connectivity index (χ0n) is 11.2. The van der Waals surface area contributed by atoms with Crippen molar-refractivity contribution in [2.75, 3.05) is 32.1 Å².